The van der Waals surface area contributed by atoms with Gasteiger partial charge in [0.25, 0.3) is 0 Å². The van der Waals surface area contributed by atoms with Gasteiger partial charge in [0.05, 0.1) is 22.1 Å². The Labute approximate surface area is 352 Å². The summed E-state index contributed by atoms with van der Waals surface area (Å²) in [5.74, 6) is 0. The molecule has 0 atom stereocenters. The highest BCUT2D eigenvalue weighted by Gasteiger charge is 2.27. The maximum atomic E-state index is 2.48. The minimum atomic E-state index is -1.95. The van der Waals surface area contributed by atoms with Crippen molar-refractivity contribution in [2.75, 3.05) is 0 Å². The van der Waals surface area contributed by atoms with Gasteiger partial charge in [-0.05, 0) is 107 Å². The van der Waals surface area contributed by atoms with E-state index in [1.54, 1.807) is 0 Å². The normalized spacial score (nSPS) is 11.9. The predicted molar refractivity (Wildman–Crippen MR) is 259 cm³/mol. The predicted octanol–water partition coefficient (Wildman–Crippen LogP) is 14.0. The Balaban J connectivity index is 1.17. The van der Waals surface area contributed by atoms with Crippen LogP contribution in [0.25, 0.3) is 88.4 Å². The van der Waals surface area contributed by atoms with E-state index >= 15 is 0 Å². The van der Waals surface area contributed by atoms with Crippen LogP contribution >= 0.6 is 0 Å². The lowest BCUT2D eigenvalue weighted by molar-refractivity contribution is 1.17. The third kappa shape index (κ3) is 6.01. The van der Waals surface area contributed by atoms with Crippen molar-refractivity contribution in [1.29, 1.82) is 0 Å². The van der Waals surface area contributed by atoms with Gasteiger partial charge in [0, 0.05) is 32.9 Å². The van der Waals surface area contributed by atoms with Gasteiger partial charge >= 0.3 is 0 Å². The van der Waals surface area contributed by atoms with Gasteiger partial charge in [-0.1, -0.05) is 175 Å². The summed E-state index contributed by atoms with van der Waals surface area (Å²) in [5.41, 5.74) is 15.5. The summed E-state index contributed by atoms with van der Waals surface area (Å²) in [4.78, 5) is 0. The number of aryl methyl sites for hydroxylation is 1. The average molecular weight is 785 g/mol. The monoisotopic (exact) mass is 784 g/mol. The van der Waals surface area contributed by atoms with E-state index in [1.807, 2.05) is 0 Å². The number of aromatic nitrogens is 2. The van der Waals surface area contributed by atoms with Crippen LogP contribution in [0.15, 0.2) is 212 Å². The first-order chi connectivity index (χ1) is 29.4. The Morgan fingerprint density at radius 3 is 1.22 bits per heavy atom. The van der Waals surface area contributed by atoms with Gasteiger partial charge in [-0.15, -0.1) is 0 Å². The van der Waals surface area contributed by atoms with Crippen molar-refractivity contribution < 1.29 is 0 Å². The van der Waals surface area contributed by atoms with Crippen LogP contribution in [0.1, 0.15) is 5.56 Å². The van der Waals surface area contributed by atoms with Crippen molar-refractivity contribution in [2.45, 2.75) is 20.0 Å². The molecule has 0 aliphatic rings. The second kappa shape index (κ2) is 14.3. The van der Waals surface area contributed by atoms with Crippen molar-refractivity contribution >= 4 is 62.1 Å². The van der Waals surface area contributed by atoms with Crippen molar-refractivity contribution in [1.82, 2.24) is 9.13 Å². The minimum absolute atomic E-state index is 1.14. The van der Waals surface area contributed by atoms with E-state index in [4.69, 9.17) is 0 Å². The Hall–Kier alpha value is -7.20. The zero-order valence-electron chi connectivity index (χ0n) is 34.1. The molecule has 0 radical (unpaired) electrons. The van der Waals surface area contributed by atoms with Crippen LogP contribution in [-0.4, -0.2) is 17.2 Å². The van der Waals surface area contributed by atoms with E-state index < -0.39 is 8.07 Å². The topological polar surface area (TPSA) is 9.86 Å². The van der Waals surface area contributed by atoms with Crippen molar-refractivity contribution in [2.24, 2.45) is 0 Å². The first-order valence-corrected chi connectivity index (χ1v) is 23.9. The molecule has 0 bridgehead atoms. The summed E-state index contributed by atoms with van der Waals surface area (Å²) in [7, 11) is -1.95. The van der Waals surface area contributed by atoms with Crippen molar-refractivity contribution in [3.8, 4) is 44.8 Å². The highest BCUT2D eigenvalue weighted by Crippen LogP contribution is 2.40. The molecule has 286 valence electrons. The fraction of sp³-hybridized carbons (Fsp3) is 0.0526. The summed E-state index contributed by atoms with van der Waals surface area (Å²) >= 11 is 0. The third-order valence-electron chi connectivity index (χ3n) is 12.6. The zero-order chi connectivity index (χ0) is 40.4. The van der Waals surface area contributed by atoms with E-state index in [0.717, 1.165) is 11.4 Å². The Morgan fingerprint density at radius 1 is 0.300 bits per heavy atom. The largest absolute Gasteiger partial charge is 0.309 e. The van der Waals surface area contributed by atoms with Gasteiger partial charge in [0.1, 0.15) is 8.07 Å². The first-order valence-electron chi connectivity index (χ1n) is 20.9. The summed E-state index contributed by atoms with van der Waals surface area (Å²) in [6.45, 7) is 7.12. The lowest BCUT2D eigenvalue weighted by Crippen LogP contribution is -2.52. The van der Waals surface area contributed by atoms with Crippen molar-refractivity contribution in [3.63, 3.8) is 0 Å². The highest BCUT2D eigenvalue weighted by atomic mass is 28.3. The van der Waals surface area contributed by atoms with Gasteiger partial charge in [0.15, 0.2) is 0 Å². The number of nitrogens with zero attached hydrogens (tertiary/aromatic N) is 2. The maximum absolute atomic E-state index is 2.48. The van der Waals surface area contributed by atoms with Crippen molar-refractivity contribution in [3.05, 3.63) is 218 Å². The molecule has 2 heterocycles. The van der Waals surface area contributed by atoms with E-state index in [2.05, 4.69) is 241 Å². The van der Waals surface area contributed by atoms with Crippen LogP contribution in [0.5, 0.6) is 0 Å². The Bertz CT molecular complexity index is 3390. The molecule has 2 aromatic heterocycles. The number of benzene rings is 9. The Kier molecular flexibility index (Phi) is 8.54. The van der Waals surface area contributed by atoms with E-state index in [-0.39, 0.29) is 0 Å². The molecule has 9 aromatic carbocycles. The van der Waals surface area contributed by atoms with Gasteiger partial charge in [-0.25, -0.2) is 0 Å². The number of rotatable bonds is 7. The van der Waals surface area contributed by atoms with Gasteiger partial charge in [-0.2, -0.15) is 0 Å². The standard InChI is InChI=1S/C57H44N2Si/c1-39-27-29-56-52(31-39)50-23-13-15-25-54(50)58(56)46-34-42(40-17-7-4-8-18-40)32-44(36-46)45-33-43(41-19-9-5-10-20-41)35-47(37-45)59-55-26-16-14-24-51(55)53-38-49(28-30-57(53)59)60(2,3)48-21-11-6-12-22-48/h4-38H,1-3H3. The minimum Gasteiger partial charge on any atom is -0.309 e. The average Bonchev–Trinajstić information content (AvgIpc) is 3.82. The second-order valence-electron chi connectivity index (χ2n) is 16.7. The molecule has 0 amide bonds. The second-order valence-corrected chi connectivity index (χ2v) is 21.1. The van der Waals surface area contributed by atoms with Crippen LogP contribution in [0.2, 0.25) is 13.1 Å². The van der Waals surface area contributed by atoms with Gasteiger partial charge < -0.3 is 9.13 Å². The molecule has 11 aromatic rings. The molecule has 0 fully saturated rings. The summed E-state index contributed by atoms with van der Waals surface area (Å²) in [6, 6.07) is 78.8. The van der Waals surface area contributed by atoms with Crippen LogP contribution < -0.4 is 10.4 Å². The maximum Gasteiger partial charge on any atom is 0.112 e. The molecule has 0 N–H and O–H groups in total. The first kappa shape index (κ1) is 35.9. The molecule has 60 heavy (non-hydrogen) atoms. The molecule has 0 saturated carbocycles. The van der Waals surface area contributed by atoms with E-state index in [9.17, 15) is 0 Å². The molecule has 3 heteroatoms. The highest BCUT2D eigenvalue weighted by molar-refractivity contribution is 7.00. The number of fused-ring (bicyclic) bond motifs is 6. The van der Waals surface area contributed by atoms with Gasteiger partial charge in [-0.3, -0.25) is 0 Å². The molecule has 0 aliphatic carbocycles. The molecular formula is C57H44N2Si. The molecular weight excluding hydrogens is 741 g/mol. The van der Waals surface area contributed by atoms with Crippen LogP contribution in [0.4, 0.5) is 0 Å². The number of hydrogen-bond acceptors (Lipinski definition) is 0. The summed E-state index contributed by atoms with van der Waals surface area (Å²) in [5, 5.41) is 7.99. The SMILES string of the molecule is Cc1ccc2c(c1)c1ccccc1n2-c1cc(-c2ccccc2)cc(-c2cc(-c3ccccc3)cc(-n3c4ccccc4c4cc([Si](C)(C)c5ccccc5)ccc43)c2)c1. The number of para-hydroxylation sites is 2. The smallest absolute Gasteiger partial charge is 0.112 e. The fourth-order valence-corrected chi connectivity index (χ4v) is 11.8. The van der Waals surface area contributed by atoms with E-state index in [0.29, 0.717) is 0 Å². The summed E-state index contributed by atoms with van der Waals surface area (Å²) in [6.07, 6.45) is 0. The van der Waals surface area contributed by atoms with Crippen LogP contribution in [0.3, 0.4) is 0 Å². The number of hydrogen-bond donors (Lipinski definition) is 0. The summed E-state index contributed by atoms with van der Waals surface area (Å²) < 4.78 is 4.94. The third-order valence-corrected chi connectivity index (χ3v) is 16.1. The molecule has 2 nitrogen and oxygen atoms in total. The molecule has 0 unspecified atom stereocenters. The lowest BCUT2D eigenvalue weighted by Gasteiger charge is -2.24. The quantitative estimate of drug-likeness (QED) is 0.142. The molecule has 11 rings (SSSR count). The Morgan fingerprint density at radius 2 is 0.700 bits per heavy atom. The lowest BCUT2D eigenvalue weighted by atomic mass is 9.94. The van der Waals surface area contributed by atoms with Crippen LogP contribution in [-0.2, 0) is 0 Å². The molecule has 0 spiro atoms. The fourth-order valence-electron chi connectivity index (χ4n) is 9.43. The van der Waals surface area contributed by atoms with Crippen LogP contribution in [0, 0.1) is 6.92 Å². The molecule has 0 aliphatic heterocycles. The molecule has 0 saturated heterocycles. The van der Waals surface area contributed by atoms with Gasteiger partial charge in [0.2, 0.25) is 0 Å². The van der Waals surface area contributed by atoms with E-state index in [1.165, 1.54) is 92.9 Å². The zero-order valence-corrected chi connectivity index (χ0v) is 35.1.